The molecule has 1 amide bonds. The van der Waals surface area contributed by atoms with Gasteiger partial charge in [0.25, 0.3) is 0 Å². The van der Waals surface area contributed by atoms with Crippen LogP contribution in [-0.4, -0.2) is 34.3 Å². The van der Waals surface area contributed by atoms with Crippen LogP contribution in [0.15, 0.2) is 12.8 Å². The van der Waals surface area contributed by atoms with Crippen molar-refractivity contribution in [3.05, 3.63) is 12.8 Å². The third-order valence-corrected chi connectivity index (χ3v) is 1.16. The number of hydrogen-bond acceptors (Lipinski definition) is 4. The monoisotopic (exact) mass is 203 g/mol. The van der Waals surface area contributed by atoms with Gasteiger partial charge in [0.2, 0.25) is 0 Å². The van der Waals surface area contributed by atoms with Crippen LogP contribution >= 0.6 is 0 Å². The van der Waals surface area contributed by atoms with Crippen molar-refractivity contribution in [2.24, 2.45) is 0 Å². The number of aliphatic carboxylic acids is 2. The maximum absolute atomic E-state index is 10.7. The van der Waals surface area contributed by atoms with Crippen LogP contribution in [0.5, 0.6) is 0 Å². The van der Waals surface area contributed by atoms with Crippen molar-refractivity contribution in [3.8, 4) is 0 Å². The number of nitrogens with one attached hydrogen (secondary N) is 1. The Kier molecular flexibility index (Phi) is 4.76. The number of carbonyl (C=O) groups excluding carboxylic acids is 1. The van der Waals surface area contributed by atoms with E-state index in [1.807, 2.05) is 5.32 Å². The maximum Gasteiger partial charge on any atom is 0.412 e. The smallest absolute Gasteiger partial charge is 0.412 e. The highest BCUT2D eigenvalue weighted by Gasteiger charge is 2.23. The average Bonchev–Trinajstić information content (AvgIpc) is 2.02. The van der Waals surface area contributed by atoms with Gasteiger partial charge in [0.05, 0.1) is 12.7 Å². The van der Waals surface area contributed by atoms with Crippen LogP contribution in [0, 0.1) is 0 Å². The molecule has 0 aliphatic rings. The van der Waals surface area contributed by atoms with Crippen LogP contribution in [0.1, 0.15) is 6.42 Å². The molecule has 0 aromatic heterocycles. The van der Waals surface area contributed by atoms with Gasteiger partial charge >= 0.3 is 18.0 Å². The summed E-state index contributed by atoms with van der Waals surface area (Å²) in [5.74, 6) is -2.79. The number of amides is 1. The molecular formula is C7H9NO6. The molecule has 0 heterocycles. The molecule has 0 aromatic carbocycles. The van der Waals surface area contributed by atoms with Crippen LogP contribution in [0.25, 0.3) is 0 Å². The van der Waals surface area contributed by atoms with Crippen molar-refractivity contribution >= 4 is 18.0 Å². The van der Waals surface area contributed by atoms with Crippen LogP contribution in [0.4, 0.5) is 4.79 Å². The minimum Gasteiger partial charge on any atom is -0.481 e. The van der Waals surface area contributed by atoms with Crippen molar-refractivity contribution < 1.29 is 29.3 Å². The van der Waals surface area contributed by atoms with Gasteiger partial charge in [-0.2, -0.15) is 0 Å². The second-order valence-corrected chi connectivity index (χ2v) is 2.20. The van der Waals surface area contributed by atoms with E-state index in [9.17, 15) is 14.4 Å². The highest BCUT2D eigenvalue weighted by atomic mass is 16.5. The molecule has 1 atom stereocenters. The van der Waals surface area contributed by atoms with E-state index in [4.69, 9.17) is 10.2 Å². The quantitative estimate of drug-likeness (QED) is 0.532. The second-order valence-electron chi connectivity index (χ2n) is 2.20. The van der Waals surface area contributed by atoms with Crippen LogP contribution < -0.4 is 5.32 Å². The van der Waals surface area contributed by atoms with Gasteiger partial charge in [-0.05, 0) is 0 Å². The molecule has 14 heavy (non-hydrogen) atoms. The molecule has 0 aliphatic heterocycles. The Balaban J connectivity index is 4.22. The fraction of sp³-hybridized carbons (Fsp3) is 0.286. The Morgan fingerprint density at radius 2 is 2.00 bits per heavy atom. The third kappa shape index (κ3) is 4.75. The topological polar surface area (TPSA) is 113 Å². The first-order valence-corrected chi connectivity index (χ1v) is 3.50. The molecule has 0 saturated carbocycles. The summed E-state index contributed by atoms with van der Waals surface area (Å²) in [6.45, 7) is 3.07. The third-order valence-electron chi connectivity index (χ3n) is 1.16. The zero-order valence-corrected chi connectivity index (χ0v) is 7.10. The molecule has 0 fully saturated rings. The first kappa shape index (κ1) is 11.9. The summed E-state index contributed by atoms with van der Waals surface area (Å²) in [5.41, 5.74) is 0. The van der Waals surface area contributed by atoms with E-state index in [1.165, 1.54) is 0 Å². The van der Waals surface area contributed by atoms with E-state index in [2.05, 4.69) is 11.3 Å². The standard InChI is InChI=1S/C7H9NO6/c1-2-14-7(13)8-4(6(11)12)3-5(9)10/h2,4H,1,3H2,(H,8,13)(H,9,10)(H,11,12)/t4-/m0/s1. The van der Waals surface area contributed by atoms with Crippen LogP contribution in [0.3, 0.4) is 0 Å². The largest absolute Gasteiger partial charge is 0.481 e. The predicted octanol–water partition coefficient (Wildman–Crippen LogP) is -0.216. The van der Waals surface area contributed by atoms with E-state index < -0.39 is 30.5 Å². The Hall–Kier alpha value is -2.05. The van der Waals surface area contributed by atoms with E-state index in [-0.39, 0.29) is 0 Å². The molecular weight excluding hydrogens is 194 g/mol. The Morgan fingerprint density at radius 3 is 2.36 bits per heavy atom. The summed E-state index contributed by atoms with van der Waals surface area (Å²) >= 11 is 0. The molecule has 0 radical (unpaired) electrons. The maximum atomic E-state index is 10.7. The fourth-order valence-electron chi connectivity index (χ4n) is 0.627. The highest BCUT2D eigenvalue weighted by molar-refractivity contribution is 5.84. The number of rotatable bonds is 5. The molecule has 7 nitrogen and oxygen atoms in total. The van der Waals surface area contributed by atoms with Crippen LogP contribution in [-0.2, 0) is 14.3 Å². The lowest BCUT2D eigenvalue weighted by atomic mass is 10.2. The molecule has 0 aromatic rings. The number of carboxylic acid groups (broad SMARTS) is 2. The van der Waals surface area contributed by atoms with E-state index in [0.717, 1.165) is 6.26 Å². The zero-order chi connectivity index (χ0) is 11.1. The second kappa shape index (κ2) is 5.57. The van der Waals surface area contributed by atoms with Gasteiger partial charge < -0.3 is 20.3 Å². The summed E-state index contributed by atoms with van der Waals surface area (Å²) in [4.78, 5) is 31.3. The number of ether oxygens (including phenoxy) is 1. The average molecular weight is 203 g/mol. The summed E-state index contributed by atoms with van der Waals surface area (Å²) in [5, 5.41) is 18.6. The SMILES string of the molecule is C=COC(=O)N[C@@H](CC(=O)O)C(=O)O. The molecule has 0 spiro atoms. The molecule has 0 rings (SSSR count). The normalized spacial score (nSPS) is 11.1. The minimum absolute atomic E-state index is 0.721. The number of hydrogen-bond donors (Lipinski definition) is 3. The summed E-state index contributed by atoms with van der Waals surface area (Å²) in [7, 11) is 0. The van der Waals surface area contributed by atoms with E-state index in [1.54, 1.807) is 0 Å². The van der Waals surface area contributed by atoms with Gasteiger partial charge in [0, 0.05) is 0 Å². The van der Waals surface area contributed by atoms with Gasteiger partial charge in [0.1, 0.15) is 6.04 Å². The first-order valence-electron chi connectivity index (χ1n) is 3.50. The van der Waals surface area contributed by atoms with E-state index >= 15 is 0 Å². The van der Waals surface area contributed by atoms with Gasteiger partial charge in [-0.25, -0.2) is 9.59 Å². The van der Waals surface area contributed by atoms with Crippen molar-refractivity contribution in [2.75, 3.05) is 0 Å². The first-order chi connectivity index (χ1) is 6.47. The Morgan fingerprint density at radius 1 is 1.43 bits per heavy atom. The summed E-state index contributed by atoms with van der Waals surface area (Å²) in [6, 6.07) is -1.51. The van der Waals surface area contributed by atoms with Gasteiger partial charge in [-0.15, -0.1) is 0 Å². The van der Waals surface area contributed by atoms with Crippen molar-refractivity contribution in [1.82, 2.24) is 5.32 Å². The molecule has 0 aliphatic carbocycles. The van der Waals surface area contributed by atoms with Crippen molar-refractivity contribution in [2.45, 2.75) is 12.5 Å². The number of carboxylic acids is 2. The molecule has 0 bridgehead atoms. The predicted molar refractivity (Wildman–Crippen MR) is 43.5 cm³/mol. The lowest BCUT2D eigenvalue weighted by Gasteiger charge is -2.10. The van der Waals surface area contributed by atoms with Crippen LogP contribution in [0.2, 0.25) is 0 Å². The molecule has 0 saturated heterocycles. The lowest BCUT2D eigenvalue weighted by molar-refractivity contribution is -0.145. The number of alkyl carbamates (subject to hydrolysis) is 1. The lowest BCUT2D eigenvalue weighted by Crippen LogP contribution is -2.42. The summed E-state index contributed by atoms with van der Waals surface area (Å²) in [6.07, 6.45) is -0.981. The van der Waals surface area contributed by atoms with Gasteiger partial charge in [0.15, 0.2) is 0 Å². The molecule has 3 N–H and O–H groups in total. The van der Waals surface area contributed by atoms with Crippen molar-refractivity contribution in [3.63, 3.8) is 0 Å². The fourth-order valence-corrected chi connectivity index (χ4v) is 0.627. The zero-order valence-electron chi connectivity index (χ0n) is 7.10. The Bertz CT molecular complexity index is 261. The van der Waals surface area contributed by atoms with Crippen molar-refractivity contribution in [1.29, 1.82) is 0 Å². The molecule has 78 valence electrons. The van der Waals surface area contributed by atoms with E-state index in [0.29, 0.717) is 0 Å². The number of carbonyl (C=O) groups is 3. The Labute approximate surface area is 79.0 Å². The molecule has 7 heteroatoms. The van der Waals surface area contributed by atoms with Gasteiger partial charge in [-0.1, -0.05) is 6.58 Å². The molecule has 0 unspecified atom stereocenters. The van der Waals surface area contributed by atoms with Gasteiger partial charge in [-0.3, -0.25) is 4.79 Å². The summed E-state index contributed by atoms with van der Waals surface area (Å²) < 4.78 is 4.16. The highest BCUT2D eigenvalue weighted by Crippen LogP contribution is 1.93. The minimum atomic E-state index is -1.51.